The van der Waals surface area contributed by atoms with Crippen LogP contribution < -0.4 is 9.62 Å². The third kappa shape index (κ3) is 7.81. The molecule has 0 heterocycles. The molecule has 1 amide bonds. The summed E-state index contributed by atoms with van der Waals surface area (Å²) in [7, 11) is -3.51. The van der Waals surface area contributed by atoms with Crippen LogP contribution in [0.5, 0.6) is 0 Å². The van der Waals surface area contributed by atoms with Crippen LogP contribution >= 0.6 is 23.4 Å². The number of hydrogen-bond donors (Lipinski definition) is 1. The van der Waals surface area contributed by atoms with Gasteiger partial charge in [-0.2, -0.15) is 11.8 Å². The second-order valence-electron chi connectivity index (χ2n) is 7.74. The van der Waals surface area contributed by atoms with E-state index in [0.29, 0.717) is 22.8 Å². The summed E-state index contributed by atoms with van der Waals surface area (Å²) in [6.45, 7) is 2.81. The molecule has 0 aliphatic rings. The lowest BCUT2D eigenvalue weighted by Crippen LogP contribution is -2.29. The van der Waals surface area contributed by atoms with Crippen LogP contribution in [0.15, 0.2) is 72.8 Å². The molecule has 0 saturated heterocycles. The quantitative estimate of drug-likeness (QED) is 0.383. The van der Waals surface area contributed by atoms with E-state index in [1.54, 1.807) is 60.3 Å². The summed E-state index contributed by atoms with van der Waals surface area (Å²) in [5.41, 5.74) is 4.33. The monoisotopic (exact) mass is 502 g/mol. The highest BCUT2D eigenvalue weighted by molar-refractivity contribution is 7.98. The molecule has 0 radical (unpaired) electrons. The number of nitrogens with one attached hydrogen (secondary N) is 1. The lowest BCUT2D eigenvalue weighted by molar-refractivity contribution is 0.0956. The number of aryl methyl sites for hydroxylation is 1. The zero-order chi connectivity index (χ0) is 23.8. The van der Waals surface area contributed by atoms with Gasteiger partial charge in [0, 0.05) is 28.6 Å². The zero-order valence-corrected chi connectivity index (χ0v) is 21.0. The van der Waals surface area contributed by atoms with Gasteiger partial charge in [-0.25, -0.2) is 8.42 Å². The smallest absolute Gasteiger partial charge is 0.251 e. The molecule has 0 atom stereocenters. The minimum absolute atomic E-state index is 0.146. The Labute approximate surface area is 205 Å². The fourth-order valence-electron chi connectivity index (χ4n) is 3.29. The summed E-state index contributed by atoms with van der Waals surface area (Å²) < 4.78 is 25.9. The van der Waals surface area contributed by atoms with Crippen molar-refractivity contribution < 1.29 is 13.2 Å². The van der Waals surface area contributed by atoms with Gasteiger partial charge in [-0.05, 0) is 48.4 Å². The van der Waals surface area contributed by atoms with E-state index < -0.39 is 10.0 Å². The average Bonchev–Trinajstić information content (AvgIpc) is 2.77. The molecule has 1 N–H and O–H groups in total. The largest absolute Gasteiger partial charge is 0.351 e. The van der Waals surface area contributed by atoms with Crippen LogP contribution in [0.2, 0.25) is 5.02 Å². The summed E-state index contributed by atoms with van der Waals surface area (Å²) in [5.74, 6) is 1.59. The fraction of sp³-hybridized carbons (Fsp3) is 0.240. The normalized spacial score (nSPS) is 11.2. The summed E-state index contributed by atoms with van der Waals surface area (Å²) in [6.07, 6.45) is 1.16. The molecule has 5 nitrogen and oxygen atoms in total. The van der Waals surface area contributed by atoms with Crippen molar-refractivity contribution in [3.05, 3.63) is 100 Å². The Bertz CT molecular complexity index is 1200. The Balaban J connectivity index is 1.52. The van der Waals surface area contributed by atoms with E-state index in [9.17, 15) is 13.2 Å². The Hall–Kier alpha value is -2.48. The molecule has 0 aliphatic carbocycles. The highest BCUT2D eigenvalue weighted by Crippen LogP contribution is 2.24. The first-order valence-corrected chi connectivity index (χ1v) is 13.8. The van der Waals surface area contributed by atoms with Crippen LogP contribution in [0.25, 0.3) is 0 Å². The van der Waals surface area contributed by atoms with Crippen molar-refractivity contribution in [1.29, 1.82) is 0 Å². The van der Waals surface area contributed by atoms with Crippen molar-refractivity contribution in [3.63, 3.8) is 0 Å². The van der Waals surface area contributed by atoms with Gasteiger partial charge in [0.1, 0.15) is 0 Å². The molecule has 3 rings (SSSR count). The van der Waals surface area contributed by atoms with E-state index in [4.69, 9.17) is 11.6 Å². The van der Waals surface area contributed by atoms with E-state index >= 15 is 0 Å². The van der Waals surface area contributed by atoms with E-state index in [1.807, 2.05) is 0 Å². The molecule has 0 saturated carbocycles. The molecule has 3 aromatic carbocycles. The standard InChI is InChI=1S/C25H27ClN2O3S2/c1-19-5-3-6-21(15-19)18-32-14-13-27-25(29)22-11-9-20(10-12-22)17-28(33(2,30)31)24-8-4-7-23(26)16-24/h3-12,15-16H,13-14,17-18H2,1-2H3,(H,27,29). The number of amides is 1. The van der Waals surface area contributed by atoms with Gasteiger partial charge in [0.25, 0.3) is 5.91 Å². The van der Waals surface area contributed by atoms with E-state index in [-0.39, 0.29) is 12.5 Å². The molecule has 3 aromatic rings. The average molecular weight is 503 g/mol. The van der Waals surface area contributed by atoms with Gasteiger partial charge in [-0.15, -0.1) is 0 Å². The Morgan fingerprint density at radius 2 is 1.73 bits per heavy atom. The molecule has 0 aromatic heterocycles. The van der Waals surface area contributed by atoms with Crippen molar-refractivity contribution in [3.8, 4) is 0 Å². The number of thioether (sulfide) groups is 1. The second-order valence-corrected chi connectivity index (χ2v) is 11.2. The molecule has 174 valence electrons. The molecule has 0 spiro atoms. The number of anilines is 1. The third-order valence-electron chi connectivity index (χ3n) is 4.92. The number of carbonyl (C=O) groups excluding carboxylic acids is 1. The summed E-state index contributed by atoms with van der Waals surface area (Å²) >= 11 is 7.81. The van der Waals surface area contributed by atoms with Crippen LogP contribution in [-0.2, 0) is 22.3 Å². The van der Waals surface area contributed by atoms with Gasteiger partial charge < -0.3 is 5.32 Å². The van der Waals surface area contributed by atoms with Crippen LogP contribution in [-0.4, -0.2) is 32.9 Å². The Morgan fingerprint density at radius 3 is 2.39 bits per heavy atom. The summed E-state index contributed by atoms with van der Waals surface area (Å²) in [6, 6.07) is 22.1. The first-order valence-electron chi connectivity index (χ1n) is 10.5. The van der Waals surface area contributed by atoms with Crippen LogP contribution in [0, 0.1) is 6.92 Å². The number of rotatable bonds is 10. The van der Waals surface area contributed by atoms with Crippen molar-refractivity contribution >= 4 is 45.0 Å². The molecule has 33 heavy (non-hydrogen) atoms. The van der Waals surface area contributed by atoms with Crippen molar-refractivity contribution in [2.75, 3.05) is 22.9 Å². The first kappa shape index (κ1) is 25.1. The molecular formula is C25H27ClN2O3S2. The van der Waals surface area contributed by atoms with Gasteiger partial charge >= 0.3 is 0 Å². The highest BCUT2D eigenvalue weighted by atomic mass is 35.5. The van der Waals surface area contributed by atoms with E-state index in [1.165, 1.54) is 15.4 Å². The van der Waals surface area contributed by atoms with Gasteiger partial charge in [0.15, 0.2) is 0 Å². The second kappa shape index (κ2) is 11.6. The van der Waals surface area contributed by atoms with Crippen molar-refractivity contribution in [1.82, 2.24) is 5.32 Å². The van der Waals surface area contributed by atoms with Gasteiger partial charge in [-0.3, -0.25) is 9.10 Å². The number of sulfonamides is 1. The lowest BCUT2D eigenvalue weighted by atomic mass is 10.1. The maximum atomic E-state index is 12.4. The lowest BCUT2D eigenvalue weighted by Gasteiger charge is -2.22. The van der Waals surface area contributed by atoms with Gasteiger partial charge in [-0.1, -0.05) is 59.6 Å². The summed E-state index contributed by atoms with van der Waals surface area (Å²) in [4.78, 5) is 12.4. The number of carbonyl (C=O) groups is 1. The van der Waals surface area contributed by atoms with Gasteiger partial charge in [0.05, 0.1) is 18.5 Å². The van der Waals surface area contributed by atoms with Crippen molar-refractivity contribution in [2.24, 2.45) is 0 Å². The van der Waals surface area contributed by atoms with E-state index in [0.717, 1.165) is 23.3 Å². The van der Waals surface area contributed by atoms with Crippen LogP contribution in [0.4, 0.5) is 5.69 Å². The maximum Gasteiger partial charge on any atom is 0.251 e. The Kier molecular flexibility index (Phi) is 8.83. The molecular weight excluding hydrogens is 476 g/mol. The number of benzene rings is 3. The molecule has 0 fully saturated rings. The zero-order valence-electron chi connectivity index (χ0n) is 18.6. The first-order chi connectivity index (χ1) is 15.7. The highest BCUT2D eigenvalue weighted by Gasteiger charge is 2.18. The molecule has 0 unspecified atom stereocenters. The SMILES string of the molecule is Cc1cccc(CSCCNC(=O)c2ccc(CN(c3cccc(Cl)c3)S(C)(=O)=O)cc2)c1. The van der Waals surface area contributed by atoms with Crippen LogP contribution in [0.1, 0.15) is 27.0 Å². The minimum Gasteiger partial charge on any atom is -0.351 e. The molecule has 8 heteroatoms. The maximum absolute atomic E-state index is 12.4. The fourth-order valence-corrected chi connectivity index (χ4v) is 5.16. The minimum atomic E-state index is -3.51. The third-order valence-corrected chi connectivity index (χ3v) is 7.33. The van der Waals surface area contributed by atoms with Crippen LogP contribution in [0.3, 0.4) is 0 Å². The van der Waals surface area contributed by atoms with Gasteiger partial charge in [0.2, 0.25) is 10.0 Å². The Morgan fingerprint density at radius 1 is 1.00 bits per heavy atom. The predicted octanol–water partition coefficient (Wildman–Crippen LogP) is 5.28. The number of hydrogen-bond acceptors (Lipinski definition) is 4. The number of nitrogens with zero attached hydrogens (tertiary/aromatic N) is 1. The summed E-state index contributed by atoms with van der Waals surface area (Å²) in [5, 5.41) is 3.40. The van der Waals surface area contributed by atoms with E-state index in [2.05, 4.69) is 36.5 Å². The topological polar surface area (TPSA) is 66.5 Å². The van der Waals surface area contributed by atoms with Crippen molar-refractivity contribution in [2.45, 2.75) is 19.2 Å². The molecule has 0 aliphatic heterocycles. The molecule has 0 bridgehead atoms. The predicted molar refractivity (Wildman–Crippen MR) is 139 cm³/mol. The number of halogens is 1.